The lowest BCUT2D eigenvalue weighted by molar-refractivity contribution is -0.152. The number of carbonyl (C=O) groups is 3. The molecule has 10 nitrogen and oxygen atoms in total. The highest BCUT2D eigenvalue weighted by Crippen LogP contribution is 2.30. The van der Waals surface area contributed by atoms with Crippen molar-refractivity contribution in [2.75, 3.05) is 21.3 Å². The van der Waals surface area contributed by atoms with Gasteiger partial charge in [-0.25, -0.2) is 9.78 Å². The van der Waals surface area contributed by atoms with E-state index in [0.717, 1.165) is 22.6 Å². The quantitative estimate of drug-likeness (QED) is 0.305. The number of nitrogens with zero attached hydrogens (tertiary/aromatic N) is 1. The number of ether oxygens (including phenoxy) is 5. The summed E-state index contributed by atoms with van der Waals surface area (Å²) in [6.45, 7) is 4.55. The Labute approximate surface area is 239 Å². The lowest BCUT2D eigenvalue weighted by Crippen LogP contribution is -2.42. The number of pyridine rings is 1. The molecule has 3 rings (SSSR count). The van der Waals surface area contributed by atoms with Crippen LogP contribution in [-0.2, 0) is 27.2 Å². The van der Waals surface area contributed by atoms with Gasteiger partial charge >= 0.3 is 11.9 Å². The molecule has 1 heterocycles. The van der Waals surface area contributed by atoms with E-state index < -0.39 is 30.0 Å². The molecule has 41 heavy (non-hydrogen) atoms. The molecule has 0 spiro atoms. The van der Waals surface area contributed by atoms with Gasteiger partial charge in [-0.3, -0.25) is 9.59 Å². The lowest BCUT2D eigenvalue weighted by atomic mass is 9.88. The zero-order valence-corrected chi connectivity index (χ0v) is 24.1. The Morgan fingerprint density at radius 3 is 1.80 bits per heavy atom. The van der Waals surface area contributed by atoms with Crippen molar-refractivity contribution >= 4 is 17.8 Å². The minimum Gasteiger partial charge on any atom is -0.497 e. The van der Waals surface area contributed by atoms with Crippen LogP contribution in [0.15, 0.2) is 60.8 Å². The summed E-state index contributed by atoms with van der Waals surface area (Å²) >= 11 is 0. The third kappa shape index (κ3) is 8.69. The minimum atomic E-state index is -1.01. The van der Waals surface area contributed by atoms with Crippen LogP contribution in [0.25, 0.3) is 0 Å². The lowest BCUT2D eigenvalue weighted by Gasteiger charge is -2.26. The molecule has 0 fully saturated rings. The van der Waals surface area contributed by atoms with Crippen LogP contribution in [0.5, 0.6) is 23.0 Å². The number of rotatable bonds is 13. The predicted octanol–water partition coefficient (Wildman–Crippen LogP) is 4.18. The van der Waals surface area contributed by atoms with Crippen molar-refractivity contribution < 1.29 is 38.1 Å². The third-order valence-corrected chi connectivity index (χ3v) is 6.53. The van der Waals surface area contributed by atoms with Crippen LogP contribution < -0.4 is 24.3 Å². The smallest absolute Gasteiger partial charge is 0.328 e. The molecule has 1 N–H and O–H groups in total. The monoisotopic (exact) mass is 564 g/mol. The molecule has 2 aromatic carbocycles. The van der Waals surface area contributed by atoms with Gasteiger partial charge in [0.05, 0.1) is 21.3 Å². The molecule has 0 unspecified atom stereocenters. The van der Waals surface area contributed by atoms with E-state index in [2.05, 4.69) is 10.3 Å². The second kappa shape index (κ2) is 14.7. The van der Waals surface area contributed by atoms with Gasteiger partial charge in [-0.05, 0) is 62.1 Å². The van der Waals surface area contributed by atoms with Gasteiger partial charge in [0.25, 0.3) is 5.91 Å². The summed E-state index contributed by atoms with van der Waals surface area (Å²) < 4.78 is 26.7. The first-order chi connectivity index (χ1) is 19.6. The van der Waals surface area contributed by atoms with Crippen LogP contribution in [0.3, 0.4) is 0 Å². The van der Waals surface area contributed by atoms with Crippen molar-refractivity contribution in [3.8, 4) is 23.0 Å². The molecule has 3 aromatic rings. The predicted molar refractivity (Wildman–Crippen MR) is 151 cm³/mol. The number of hydrogen-bond donors (Lipinski definition) is 1. The van der Waals surface area contributed by atoms with Gasteiger partial charge in [-0.1, -0.05) is 24.3 Å². The van der Waals surface area contributed by atoms with E-state index in [1.54, 1.807) is 14.2 Å². The molecule has 0 aliphatic rings. The number of hydrogen-bond acceptors (Lipinski definition) is 9. The van der Waals surface area contributed by atoms with E-state index in [1.165, 1.54) is 33.2 Å². The number of carbonyl (C=O) groups excluding carboxylic acids is 3. The van der Waals surface area contributed by atoms with Crippen molar-refractivity contribution in [3.63, 3.8) is 0 Å². The molecule has 1 aromatic heterocycles. The second-order valence-electron chi connectivity index (χ2n) is 9.49. The van der Waals surface area contributed by atoms with E-state index in [0.29, 0.717) is 12.8 Å². The molecular formula is C31H36N2O8. The van der Waals surface area contributed by atoms with Gasteiger partial charge < -0.3 is 29.0 Å². The zero-order chi connectivity index (χ0) is 29.9. The zero-order valence-electron chi connectivity index (χ0n) is 24.1. The Kier molecular flexibility index (Phi) is 11.1. The van der Waals surface area contributed by atoms with Crippen molar-refractivity contribution in [1.29, 1.82) is 0 Å². The number of amides is 1. The summed E-state index contributed by atoms with van der Waals surface area (Å²) in [5, 5.41) is 2.58. The summed E-state index contributed by atoms with van der Waals surface area (Å²) in [6, 6.07) is 16.0. The topological polar surface area (TPSA) is 122 Å². The summed E-state index contributed by atoms with van der Waals surface area (Å²) in [7, 11) is 4.61. The molecule has 2 atom stereocenters. The Balaban J connectivity index is 1.73. The highest BCUT2D eigenvalue weighted by Gasteiger charge is 2.28. The molecule has 0 saturated carbocycles. The number of benzene rings is 2. The van der Waals surface area contributed by atoms with Crippen LogP contribution in [0.1, 0.15) is 42.4 Å². The molecule has 0 aliphatic carbocycles. The van der Waals surface area contributed by atoms with Crippen molar-refractivity contribution in [1.82, 2.24) is 10.3 Å². The van der Waals surface area contributed by atoms with E-state index >= 15 is 0 Å². The Morgan fingerprint density at radius 1 is 0.805 bits per heavy atom. The van der Waals surface area contributed by atoms with Crippen molar-refractivity contribution in [2.24, 2.45) is 5.92 Å². The molecule has 0 radical (unpaired) electrons. The van der Waals surface area contributed by atoms with E-state index in [9.17, 15) is 14.4 Å². The van der Waals surface area contributed by atoms with Gasteiger partial charge in [0.1, 0.15) is 23.6 Å². The summed E-state index contributed by atoms with van der Waals surface area (Å²) in [5.41, 5.74) is 1.94. The number of methoxy groups -OCH3 is 3. The SMILES string of the molecule is COc1ccc(CC(Cc2ccc(OC)cc2)[C@H](C)OC(=O)[C@H](C)NC(=O)c2nccc(OC)c2OC(C)=O)cc1. The van der Waals surface area contributed by atoms with E-state index in [1.807, 2.05) is 55.5 Å². The first kappa shape index (κ1) is 30.9. The maximum Gasteiger partial charge on any atom is 0.328 e. The van der Waals surface area contributed by atoms with Crippen LogP contribution in [-0.4, -0.2) is 56.3 Å². The summed E-state index contributed by atoms with van der Waals surface area (Å²) in [5.74, 6) is -0.510. The molecule has 0 aliphatic heterocycles. The fourth-order valence-electron chi connectivity index (χ4n) is 4.23. The largest absolute Gasteiger partial charge is 0.497 e. The van der Waals surface area contributed by atoms with Gasteiger partial charge in [0.2, 0.25) is 5.75 Å². The molecule has 0 bridgehead atoms. The Morgan fingerprint density at radius 2 is 1.34 bits per heavy atom. The number of aromatic nitrogens is 1. The minimum absolute atomic E-state index is 0.0701. The first-order valence-corrected chi connectivity index (χ1v) is 13.1. The molecule has 1 amide bonds. The maximum absolute atomic E-state index is 13.1. The normalized spacial score (nSPS) is 12.2. The van der Waals surface area contributed by atoms with Gasteiger partial charge in [-0.2, -0.15) is 0 Å². The highest BCUT2D eigenvalue weighted by atomic mass is 16.6. The van der Waals surface area contributed by atoms with Crippen LogP contribution >= 0.6 is 0 Å². The molecule has 0 saturated heterocycles. The average molecular weight is 565 g/mol. The second-order valence-corrected chi connectivity index (χ2v) is 9.49. The van der Waals surface area contributed by atoms with Crippen LogP contribution in [0.4, 0.5) is 0 Å². The highest BCUT2D eigenvalue weighted by molar-refractivity contribution is 5.98. The first-order valence-electron chi connectivity index (χ1n) is 13.1. The fourth-order valence-corrected chi connectivity index (χ4v) is 4.23. The van der Waals surface area contributed by atoms with Crippen molar-refractivity contribution in [3.05, 3.63) is 77.6 Å². The Hall–Kier alpha value is -4.60. The maximum atomic E-state index is 13.1. The van der Waals surface area contributed by atoms with Gasteiger partial charge in [0.15, 0.2) is 11.4 Å². The van der Waals surface area contributed by atoms with E-state index in [-0.39, 0.29) is 23.1 Å². The average Bonchev–Trinajstić information content (AvgIpc) is 2.97. The fraction of sp³-hybridized carbons (Fsp3) is 0.355. The van der Waals surface area contributed by atoms with Crippen LogP contribution in [0.2, 0.25) is 0 Å². The molecule has 218 valence electrons. The molecule has 10 heteroatoms. The van der Waals surface area contributed by atoms with Crippen molar-refractivity contribution in [2.45, 2.75) is 45.8 Å². The van der Waals surface area contributed by atoms with Gasteiger partial charge in [0, 0.05) is 25.1 Å². The van der Waals surface area contributed by atoms with E-state index in [4.69, 9.17) is 23.7 Å². The molecular weight excluding hydrogens is 528 g/mol. The van der Waals surface area contributed by atoms with Crippen LogP contribution in [0, 0.1) is 5.92 Å². The number of esters is 2. The number of nitrogens with one attached hydrogen (secondary N) is 1. The summed E-state index contributed by atoms with van der Waals surface area (Å²) in [4.78, 5) is 41.7. The Bertz CT molecular complexity index is 1280. The third-order valence-electron chi connectivity index (χ3n) is 6.53. The summed E-state index contributed by atoms with van der Waals surface area (Å²) in [6.07, 6.45) is 2.14. The van der Waals surface area contributed by atoms with Gasteiger partial charge in [-0.15, -0.1) is 0 Å². The standard InChI is InChI=1S/C31H36N2O8/c1-19(33-30(35)28-29(41-21(3)34)27(39-6)15-16-32-28)31(36)40-20(2)24(17-22-7-11-25(37-4)12-8-22)18-23-9-13-26(38-5)14-10-23/h7-16,19-20,24H,17-18H2,1-6H3,(H,33,35)/t19-,20-/m0/s1.